The van der Waals surface area contributed by atoms with Gasteiger partial charge in [0.05, 0.1) is 23.2 Å². The maximum atomic E-state index is 12.9. The first-order chi connectivity index (χ1) is 16.5. The van der Waals surface area contributed by atoms with Gasteiger partial charge in [0.1, 0.15) is 12.0 Å². The molecule has 0 saturated carbocycles. The summed E-state index contributed by atoms with van der Waals surface area (Å²) in [6.45, 7) is 1.66. The third kappa shape index (κ3) is 5.16. The van der Waals surface area contributed by atoms with Crippen LogP contribution in [-0.4, -0.2) is 31.4 Å². The molecule has 0 amide bonds. The molecule has 0 aliphatic carbocycles. The van der Waals surface area contributed by atoms with Crippen molar-refractivity contribution in [2.24, 2.45) is 0 Å². The summed E-state index contributed by atoms with van der Waals surface area (Å²) < 4.78 is 77.2. The molecule has 0 saturated heterocycles. The number of hydrogen-bond acceptors (Lipinski definition) is 6. The van der Waals surface area contributed by atoms with Crippen LogP contribution in [-0.2, 0) is 16.4 Å². The molecule has 2 heterocycles. The number of nitrogens with zero attached hydrogens (tertiary/aromatic N) is 2. The van der Waals surface area contributed by atoms with Gasteiger partial charge in [-0.2, -0.15) is 13.2 Å². The minimum Gasteiger partial charge on any atom is -0.495 e. The molecule has 35 heavy (non-hydrogen) atoms. The molecule has 0 fully saturated rings. The van der Waals surface area contributed by atoms with Gasteiger partial charge in [-0.25, -0.2) is 8.42 Å². The lowest BCUT2D eigenvalue weighted by Crippen LogP contribution is -2.19. The first-order valence-electron chi connectivity index (χ1n) is 10.3. The molecule has 12 heteroatoms. The van der Waals surface area contributed by atoms with Crippen molar-refractivity contribution < 1.29 is 30.8 Å². The summed E-state index contributed by atoms with van der Waals surface area (Å²) in [5, 5.41) is 3.97. The Kier molecular flexibility index (Phi) is 6.32. The molecule has 0 aliphatic rings. The monoisotopic (exact) mass is 507 g/mol. The van der Waals surface area contributed by atoms with Gasteiger partial charge in [-0.05, 0) is 60.9 Å². The van der Waals surface area contributed by atoms with Crippen LogP contribution in [0.25, 0.3) is 16.6 Å². The Morgan fingerprint density at radius 3 is 2.54 bits per heavy atom. The van der Waals surface area contributed by atoms with Crippen LogP contribution in [0.2, 0.25) is 0 Å². The number of benzene rings is 2. The topological polar surface area (TPSA) is 103 Å². The highest BCUT2D eigenvalue weighted by Crippen LogP contribution is 2.31. The number of halogens is 3. The van der Waals surface area contributed by atoms with Gasteiger partial charge in [0, 0.05) is 23.9 Å². The van der Waals surface area contributed by atoms with Gasteiger partial charge < -0.3 is 9.26 Å². The van der Waals surface area contributed by atoms with Crippen LogP contribution in [0.15, 0.2) is 69.0 Å². The van der Waals surface area contributed by atoms with E-state index in [-0.39, 0.29) is 22.9 Å². The number of methoxy groups -OCH3 is 1. The van der Waals surface area contributed by atoms with Crippen molar-refractivity contribution in [2.75, 3.05) is 11.8 Å². The molecule has 0 aliphatic heterocycles. The van der Waals surface area contributed by atoms with Crippen molar-refractivity contribution in [3.05, 3.63) is 76.3 Å². The van der Waals surface area contributed by atoms with E-state index in [1.54, 1.807) is 13.0 Å². The zero-order valence-corrected chi connectivity index (χ0v) is 19.4. The maximum absolute atomic E-state index is 12.9. The lowest BCUT2D eigenvalue weighted by Gasteiger charge is -2.18. The van der Waals surface area contributed by atoms with E-state index in [1.165, 1.54) is 60.4 Å². The van der Waals surface area contributed by atoms with Crippen LogP contribution in [0, 0.1) is 6.92 Å². The Morgan fingerprint density at radius 2 is 1.89 bits per heavy atom. The van der Waals surface area contributed by atoms with E-state index in [0.717, 1.165) is 0 Å². The zero-order chi connectivity index (χ0) is 25.4. The molecule has 0 spiro atoms. The number of aromatic nitrogens is 2. The highest BCUT2D eigenvalue weighted by Gasteiger charge is 2.27. The number of pyridine rings is 1. The second-order valence-electron chi connectivity index (χ2n) is 7.78. The first-order valence-corrected chi connectivity index (χ1v) is 11.8. The van der Waals surface area contributed by atoms with Crippen LogP contribution in [0.4, 0.5) is 19.0 Å². The number of nitrogens with one attached hydrogen (secondary N) is 1. The molecule has 0 bridgehead atoms. The SMILES string of the molecule is COc1cc(CCC(F)(F)F)c(C)cc1-n1c(=O)ccc2cc(S(=O)(=O)Nc3ccon3)ccc21. The molecule has 1 N–H and O–H groups in total. The minimum atomic E-state index is -4.30. The van der Waals surface area contributed by atoms with Crippen LogP contribution >= 0.6 is 0 Å². The van der Waals surface area contributed by atoms with Crippen LogP contribution in [0.3, 0.4) is 0 Å². The predicted octanol–water partition coefficient (Wildman–Crippen LogP) is 4.59. The number of sulfonamides is 1. The Morgan fingerprint density at radius 1 is 1.11 bits per heavy atom. The Bertz CT molecular complexity index is 1550. The molecule has 4 aromatic rings. The fourth-order valence-corrected chi connectivity index (χ4v) is 4.73. The van der Waals surface area contributed by atoms with Crippen molar-refractivity contribution >= 4 is 26.7 Å². The molecule has 4 rings (SSSR count). The van der Waals surface area contributed by atoms with Crippen molar-refractivity contribution in [1.29, 1.82) is 0 Å². The van der Waals surface area contributed by atoms with Crippen molar-refractivity contribution in [3.8, 4) is 11.4 Å². The molecular weight excluding hydrogens is 487 g/mol. The summed E-state index contributed by atoms with van der Waals surface area (Å²) in [4.78, 5) is 12.8. The van der Waals surface area contributed by atoms with Gasteiger partial charge in [-0.15, -0.1) is 0 Å². The average molecular weight is 507 g/mol. The quantitative estimate of drug-likeness (QED) is 0.393. The number of anilines is 1. The fraction of sp³-hybridized carbons (Fsp3) is 0.217. The van der Waals surface area contributed by atoms with Gasteiger partial charge in [0.25, 0.3) is 15.6 Å². The minimum absolute atomic E-state index is 0.0147. The summed E-state index contributed by atoms with van der Waals surface area (Å²) >= 11 is 0. The van der Waals surface area contributed by atoms with Gasteiger partial charge in [0.2, 0.25) is 0 Å². The molecule has 0 atom stereocenters. The van der Waals surface area contributed by atoms with E-state index in [2.05, 4.69) is 14.4 Å². The largest absolute Gasteiger partial charge is 0.495 e. The summed E-state index contributed by atoms with van der Waals surface area (Å²) in [6.07, 6.45) is -4.29. The van der Waals surface area contributed by atoms with Crippen LogP contribution in [0.5, 0.6) is 5.75 Å². The average Bonchev–Trinajstić information content (AvgIpc) is 3.29. The third-order valence-electron chi connectivity index (χ3n) is 5.41. The van der Waals surface area contributed by atoms with Gasteiger partial charge in [0.15, 0.2) is 5.82 Å². The molecule has 2 aromatic carbocycles. The Labute approximate surface area is 198 Å². The number of fused-ring (bicyclic) bond motifs is 1. The fourth-order valence-electron chi connectivity index (χ4n) is 3.70. The van der Waals surface area contributed by atoms with Crippen molar-refractivity contribution in [1.82, 2.24) is 9.72 Å². The number of alkyl halides is 3. The van der Waals surface area contributed by atoms with E-state index in [9.17, 15) is 26.4 Å². The second kappa shape index (κ2) is 9.10. The normalized spacial score (nSPS) is 12.1. The standard InChI is InChI=1S/C23H20F3N3O5S/c1-14-11-19(20(33-2)13-15(14)7-9-23(24,25)26)29-18-5-4-17(12-16(18)3-6-22(29)30)35(31,32)28-21-8-10-34-27-21/h3-6,8,10-13H,7,9H2,1-2H3,(H,27,28). The van der Waals surface area contributed by atoms with Gasteiger partial charge in [-0.3, -0.25) is 14.1 Å². The number of aryl methyl sites for hydroxylation is 2. The highest BCUT2D eigenvalue weighted by molar-refractivity contribution is 7.92. The van der Waals surface area contributed by atoms with Gasteiger partial charge >= 0.3 is 6.18 Å². The van der Waals surface area contributed by atoms with E-state index < -0.39 is 28.2 Å². The van der Waals surface area contributed by atoms with E-state index in [4.69, 9.17) is 4.74 Å². The van der Waals surface area contributed by atoms with E-state index in [0.29, 0.717) is 27.7 Å². The smallest absolute Gasteiger partial charge is 0.389 e. The van der Waals surface area contributed by atoms with Gasteiger partial charge in [-0.1, -0.05) is 5.16 Å². The molecule has 0 unspecified atom stereocenters. The maximum Gasteiger partial charge on any atom is 0.389 e. The second-order valence-corrected chi connectivity index (χ2v) is 9.47. The predicted molar refractivity (Wildman–Crippen MR) is 123 cm³/mol. The summed E-state index contributed by atoms with van der Waals surface area (Å²) in [5.41, 5.74) is 1.30. The zero-order valence-electron chi connectivity index (χ0n) is 18.6. The van der Waals surface area contributed by atoms with Crippen LogP contribution in [0.1, 0.15) is 17.5 Å². The number of ether oxygens (including phenoxy) is 1. The Balaban J connectivity index is 1.80. The summed E-state index contributed by atoms with van der Waals surface area (Å²) in [7, 11) is -2.62. The summed E-state index contributed by atoms with van der Waals surface area (Å²) in [6, 6.07) is 11.4. The first kappa shape index (κ1) is 24.3. The molecular formula is C23H20F3N3O5S. The summed E-state index contributed by atoms with van der Waals surface area (Å²) in [5.74, 6) is 0.229. The molecule has 8 nitrogen and oxygen atoms in total. The lowest BCUT2D eigenvalue weighted by atomic mass is 10.0. The van der Waals surface area contributed by atoms with Crippen molar-refractivity contribution in [2.45, 2.75) is 30.8 Å². The van der Waals surface area contributed by atoms with E-state index >= 15 is 0 Å². The van der Waals surface area contributed by atoms with Crippen LogP contribution < -0.4 is 15.0 Å². The highest BCUT2D eigenvalue weighted by atomic mass is 32.2. The molecule has 0 radical (unpaired) electrons. The van der Waals surface area contributed by atoms with Crippen molar-refractivity contribution in [3.63, 3.8) is 0 Å². The molecule has 2 aromatic heterocycles. The Hall–Kier alpha value is -3.80. The molecule has 184 valence electrons. The number of hydrogen-bond donors (Lipinski definition) is 1. The number of rotatable bonds is 7. The lowest BCUT2D eigenvalue weighted by molar-refractivity contribution is -0.134. The third-order valence-corrected chi connectivity index (χ3v) is 6.76. The van der Waals surface area contributed by atoms with E-state index in [1.807, 2.05) is 0 Å².